The number of aromatic nitrogens is 3. The third kappa shape index (κ3) is 3.66. The molecule has 0 spiro atoms. The van der Waals surface area contributed by atoms with Crippen LogP contribution in [0, 0.1) is 0 Å². The first-order valence-corrected chi connectivity index (χ1v) is 9.74. The Labute approximate surface area is 167 Å². The second-order valence-corrected chi connectivity index (χ2v) is 7.89. The molecule has 3 aromatic rings. The van der Waals surface area contributed by atoms with Crippen LogP contribution in [0.5, 0.6) is 0 Å². The van der Waals surface area contributed by atoms with E-state index >= 15 is 0 Å². The molecule has 0 aromatic carbocycles. The number of carbonyl (C=O) groups excluding carboxylic acids is 1. The van der Waals surface area contributed by atoms with Crippen molar-refractivity contribution in [1.82, 2.24) is 19.5 Å². The second-order valence-electron chi connectivity index (χ2n) is 6.37. The summed E-state index contributed by atoms with van der Waals surface area (Å²) in [7, 11) is 0. The Morgan fingerprint density at radius 3 is 2.64 bits per heavy atom. The first-order valence-electron chi connectivity index (χ1n) is 8.54. The first kappa shape index (κ1) is 19.0. The van der Waals surface area contributed by atoms with Crippen molar-refractivity contribution in [2.75, 3.05) is 31.1 Å². The summed E-state index contributed by atoms with van der Waals surface area (Å²) in [6.45, 7) is 1.99. The van der Waals surface area contributed by atoms with E-state index in [1.807, 2.05) is 4.90 Å². The fourth-order valence-electron chi connectivity index (χ4n) is 3.15. The predicted molar refractivity (Wildman–Crippen MR) is 100 cm³/mol. The van der Waals surface area contributed by atoms with E-state index in [1.54, 1.807) is 27.6 Å². The smallest absolute Gasteiger partial charge is 0.339 e. The lowest BCUT2D eigenvalue weighted by atomic mass is 10.3. The number of carbonyl (C=O) groups is 1. The summed E-state index contributed by atoms with van der Waals surface area (Å²) < 4.78 is 40.2. The molecular weight excluding hydrogens is 415 g/mol. The molecule has 28 heavy (non-hydrogen) atoms. The average Bonchev–Trinajstić information content (AvgIpc) is 3.23. The van der Waals surface area contributed by atoms with Crippen LogP contribution in [0.25, 0.3) is 5.65 Å². The lowest BCUT2D eigenvalue weighted by Gasteiger charge is -2.21. The van der Waals surface area contributed by atoms with Crippen molar-refractivity contribution in [2.24, 2.45) is 0 Å². The number of alkyl halides is 3. The maximum absolute atomic E-state index is 12.8. The molecule has 1 saturated heterocycles. The Kier molecular flexibility index (Phi) is 4.92. The minimum absolute atomic E-state index is 0.0977. The van der Waals surface area contributed by atoms with Crippen LogP contribution in [-0.4, -0.2) is 51.6 Å². The molecule has 0 unspecified atom stereocenters. The van der Waals surface area contributed by atoms with Crippen LogP contribution in [0.15, 0.2) is 30.5 Å². The number of pyridine rings is 1. The number of amides is 1. The lowest BCUT2D eigenvalue weighted by molar-refractivity contribution is -0.134. The molecule has 1 fully saturated rings. The molecule has 0 aliphatic carbocycles. The van der Waals surface area contributed by atoms with Crippen LogP contribution in [0.3, 0.4) is 0 Å². The van der Waals surface area contributed by atoms with Crippen molar-refractivity contribution in [1.29, 1.82) is 0 Å². The molecule has 1 amide bonds. The van der Waals surface area contributed by atoms with Crippen LogP contribution in [-0.2, 0) is 6.18 Å². The molecular formula is C17H15ClF3N5OS. The normalized spacial score (nSPS) is 15.9. The van der Waals surface area contributed by atoms with Gasteiger partial charge in [-0.2, -0.15) is 13.2 Å². The van der Waals surface area contributed by atoms with Crippen LogP contribution in [0.1, 0.15) is 21.0 Å². The molecule has 4 heterocycles. The van der Waals surface area contributed by atoms with Crippen molar-refractivity contribution >= 4 is 40.4 Å². The van der Waals surface area contributed by atoms with E-state index in [-0.39, 0.29) is 10.8 Å². The molecule has 0 radical (unpaired) electrons. The number of thiophene rings is 1. The SMILES string of the molecule is O=C(c1ccc(C(F)(F)F)s1)N1CCCN(c2nnc3ccc(Cl)cn23)CC1. The van der Waals surface area contributed by atoms with Gasteiger partial charge in [-0.15, -0.1) is 21.5 Å². The minimum Gasteiger partial charge on any atom is -0.339 e. The molecule has 1 aliphatic rings. The van der Waals surface area contributed by atoms with Crippen molar-refractivity contribution < 1.29 is 18.0 Å². The first-order chi connectivity index (χ1) is 13.3. The van der Waals surface area contributed by atoms with E-state index in [0.29, 0.717) is 60.6 Å². The fourth-order valence-corrected chi connectivity index (χ4v) is 4.15. The van der Waals surface area contributed by atoms with Gasteiger partial charge in [0.2, 0.25) is 5.95 Å². The highest BCUT2D eigenvalue weighted by molar-refractivity contribution is 7.14. The van der Waals surface area contributed by atoms with Crippen molar-refractivity contribution in [3.63, 3.8) is 0 Å². The van der Waals surface area contributed by atoms with Crippen molar-refractivity contribution in [3.8, 4) is 0 Å². The number of hydrogen-bond acceptors (Lipinski definition) is 5. The van der Waals surface area contributed by atoms with Gasteiger partial charge in [0.15, 0.2) is 5.65 Å². The van der Waals surface area contributed by atoms with Gasteiger partial charge in [0.1, 0.15) is 4.88 Å². The van der Waals surface area contributed by atoms with E-state index in [9.17, 15) is 18.0 Å². The van der Waals surface area contributed by atoms with Gasteiger partial charge in [-0.25, -0.2) is 0 Å². The highest BCUT2D eigenvalue weighted by Gasteiger charge is 2.34. The summed E-state index contributed by atoms with van der Waals surface area (Å²) in [5, 5.41) is 8.89. The second kappa shape index (κ2) is 7.25. The minimum atomic E-state index is -4.44. The highest BCUT2D eigenvalue weighted by Crippen LogP contribution is 2.35. The Morgan fingerprint density at radius 2 is 1.89 bits per heavy atom. The number of halogens is 4. The van der Waals surface area contributed by atoms with Crippen LogP contribution in [0.4, 0.5) is 19.1 Å². The van der Waals surface area contributed by atoms with Gasteiger partial charge in [-0.05, 0) is 30.7 Å². The molecule has 4 rings (SSSR count). The van der Waals surface area contributed by atoms with Crippen LogP contribution in [0.2, 0.25) is 5.02 Å². The Morgan fingerprint density at radius 1 is 1.07 bits per heavy atom. The van der Waals surface area contributed by atoms with Gasteiger partial charge in [0, 0.05) is 32.4 Å². The number of nitrogens with zero attached hydrogens (tertiary/aromatic N) is 5. The number of anilines is 1. The number of hydrogen-bond donors (Lipinski definition) is 0. The lowest BCUT2D eigenvalue weighted by Crippen LogP contribution is -2.35. The molecule has 3 aromatic heterocycles. The zero-order valence-electron chi connectivity index (χ0n) is 14.5. The molecule has 0 saturated carbocycles. The third-order valence-electron chi connectivity index (χ3n) is 4.51. The van der Waals surface area contributed by atoms with E-state index in [0.717, 1.165) is 6.07 Å². The van der Waals surface area contributed by atoms with E-state index in [4.69, 9.17) is 11.6 Å². The van der Waals surface area contributed by atoms with Gasteiger partial charge in [0.05, 0.1) is 9.90 Å². The zero-order valence-corrected chi connectivity index (χ0v) is 16.1. The Balaban J connectivity index is 1.49. The van der Waals surface area contributed by atoms with E-state index < -0.39 is 11.1 Å². The topological polar surface area (TPSA) is 53.7 Å². The molecule has 6 nitrogen and oxygen atoms in total. The van der Waals surface area contributed by atoms with Crippen molar-refractivity contribution in [3.05, 3.63) is 45.2 Å². The summed E-state index contributed by atoms with van der Waals surface area (Å²) in [4.78, 5) is 15.6. The largest absolute Gasteiger partial charge is 0.425 e. The van der Waals surface area contributed by atoms with Gasteiger partial charge in [-0.1, -0.05) is 11.6 Å². The van der Waals surface area contributed by atoms with Gasteiger partial charge in [-0.3, -0.25) is 9.20 Å². The van der Waals surface area contributed by atoms with Gasteiger partial charge in [0.25, 0.3) is 5.91 Å². The number of fused-ring (bicyclic) bond motifs is 1. The molecule has 0 atom stereocenters. The maximum Gasteiger partial charge on any atom is 0.425 e. The molecule has 1 aliphatic heterocycles. The maximum atomic E-state index is 12.8. The van der Waals surface area contributed by atoms with E-state index in [2.05, 4.69) is 10.2 Å². The predicted octanol–water partition coefficient (Wildman–Crippen LogP) is 3.82. The summed E-state index contributed by atoms with van der Waals surface area (Å²) in [6.07, 6.45) is -2.04. The highest BCUT2D eigenvalue weighted by atomic mass is 35.5. The quantitative estimate of drug-likeness (QED) is 0.621. The molecule has 148 valence electrons. The summed E-state index contributed by atoms with van der Waals surface area (Å²) in [6, 6.07) is 5.69. The summed E-state index contributed by atoms with van der Waals surface area (Å²) in [5.41, 5.74) is 0.662. The Bertz CT molecular complexity index is 1020. The van der Waals surface area contributed by atoms with Crippen LogP contribution >= 0.6 is 22.9 Å². The monoisotopic (exact) mass is 429 g/mol. The molecule has 0 bridgehead atoms. The van der Waals surface area contributed by atoms with Gasteiger partial charge >= 0.3 is 6.18 Å². The summed E-state index contributed by atoms with van der Waals surface area (Å²) in [5.74, 6) is 0.249. The third-order valence-corrected chi connectivity index (χ3v) is 5.85. The van der Waals surface area contributed by atoms with Crippen LogP contribution < -0.4 is 4.90 Å². The van der Waals surface area contributed by atoms with Gasteiger partial charge < -0.3 is 9.80 Å². The average molecular weight is 430 g/mol. The van der Waals surface area contributed by atoms with Crippen molar-refractivity contribution in [2.45, 2.75) is 12.6 Å². The Hall–Kier alpha value is -2.33. The number of rotatable bonds is 2. The zero-order chi connectivity index (χ0) is 19.9. The standard InChI is InChI=1S/C17H15ClF3N5OS/c18-11-2-5-14-22-23-16(26(14)10-11)25-7-1-6-24(8-9-25)15(27)12-3-4-13(28-12)17(19,20)21/h2-5,10H,1,6-9H2. The molecule has 0 N–H and O–H groups in total. The molecule has 11 heteroatoms. The van der Waals surface area contributed by atoms with E-state index in [1.165, 1.54) is 6.07 Å². The summed E-state index contributed by atoms with van der Waals surface area (Å²) >= 11 is 6.54. The fraction of sp³-hybridized carbons (Fsp3) is 0.353.